The smallest absolute Gasteiger partial charge is 0.325 e. The number of nitrogens with zero attached hydrogens (tertiary/aromatic N) is 2. The number of benzene rings is 1. The molecule has 0 aliphatic carbocycles. The van der Waals surface area contributed by atoms with E-state index in [9.17, 15) is 9.59 Å². The minimum atomic E-state index is -0.777. The van der Waals surface area contributed by atoms with Gasteiger partial charge in [-0.25, -0.2) is 9.78 Å². The molecule has 1 N–H and O–H groups in total. The molecule has 1 fully saturated rings. The summed E-state index contributed by atoms with van der Waals surface area (Å²) < 4.78 is 5.75. The highest BCUT2D eigenvalue weighted by molar-refractivity contribution is 6.06. The lowest BCUT2D eigenvalue weighted by molar-refractivity contribution is -0.132. The molecule has 6 nitrogen and oxygen atoms in total. The van der Waals surface area contributed by atoms with Crippen LogP contribution < -0.4 is 5.32 Å². The number of aryl methyl sites for hydroxylation is 1. The third-order valence-corrected chi connectivity index (χ3v) is 4.82. The van der Waals surface area contributed by atoms with Gasteiger partial charge in [0.1, 0.15) is 17.0 Å². The maximum Gasteiger partial charge on any atom is 0.325 e. The topological polar surface area (TPSA) is 75.4 Å². The number of aromatic nitrogens is 1. The number of imide groups is 1. The number of hydrogen-bond donors (Lipinski definition) is 1. The van der Waals surface area contributed by atoms with Crippen LogP contribution in [0.2, 0.25) is 0 Å². The Kier molecular flexibility index (Phi) is 5.11. The number of amides is 3. The molecule has 138 valence electrons. The van der Waals surface area contributed by atoms with E-state index in [-0.39, 0.29) is 18.5 Å². The molecule has 0 unspecified atom stereocenters. The number of rotatable bonds is 7. The fourth-order valence-corrected chi connectivity index (χ4v) is 3.57. The molecule has 0 radical (unpaired) electrons. The van der Waals surface area contributed by atoms with Crippen molar-refractivity contribution in [2.75, 3.05) is 0 Å². The molecule has 1 aromatic carbocycles. The molecule has 0 spiro atoms. The van der Waals surface area contributed by atoms with Crippen LogP contribution in [0, 0.1) is 6.92 Å². The maximum absolute atomic E-state index is 13.0. The molecule has 2 heterocycles. The number of carbonyl (C=O) groups excluding carboxylic acids is 2. The zero-order chi connectivity index (χ0) is 18.7. The molecule has 1 aliphatic rings. The molecule has 3 rings (SSSR count). The zero-order valence-corrected chi connectivity index (χ0v) is 15.5. The molecular weight excluding hydrogens is 330 g/mol. The van der Waals surface area contributed by atoms with Gasteiger partial charge in [0, 0.05) is 5.56 Å². The number of hydrogen-bond acceptors (Lipinski definition) is 4. The normalized spacial score (nSPS) is 16.2. The van der Waals surface area contributed by atoms with Crippen molar-refractivity contribution in [3.63, 3.8) is 0 Å². The lowest BCUT2D eigenvalue weighted by atomic mass is 9.88. The van der Waals surface area contributed by atoms with Crippen LogP contribution >= 0.6 is 0 Å². The standard InChI is InChI=1S/C20H25N3O3/c1-4-11-20(12-5-2)18(24)23(19(25)22-20)13-16-14(3)26-17(21-16)15-9-7-6-8-10-15/h6-10H,4-5,11-13H2,1-3H3,(H,22,25). The quantitative estimate of drug-likeness (QED) is 0.761. The molecule has 1 aromatic heterocycles. The SMILES string of the molecule is CCCC1(CCC)NC(=O)N(Cc2nc(-c3ccccc3)oc2C)C1=O. The minimum Gasteiger partial charge on any atom is -0.441 e. The summed E-state index contributed by atoms with van der Waals surface area (Å²) in [5.41, 5.74) is 0.696. The first kappa shape index (κ1) is 18.2. The van der Waals surface area contributed by atoms with Crippen molar-refractivity contribution < 1.29 is 14.0 Å². The van der Waals surface area contributed by atoms with Gasteiger partial charge in [-0.15, -0.1) is 0 Å². The second-order valence-corrected chi connectivity index (χ2v) is 6.79. The molecule has 0 bridgehead atoms. The van der Waals surface area contributed by atoms with Crippen molar-refractivity contribution in [2.24, 2.45) is 0 Å². The van der Waals surface area contributed by atoms with E-state index in [2.05, 4.69) is 10.3 Å². The van der Waals surface area contributed by atoms with E-state index in [0.717, 1.165) is 18.4 Å². The molecule has 0 saturated carbocycles. The summed E-state index contributed by atoms with van der Waals surface area (Å²) in [5, 5.41) is 2.93. The Morgan fingerprint density at radius 2 is 1.77 bits per heavy atom. The van der Waals surface area contributed by atoms with Crippen LogP contribution in [0.3, 0.4) is 0 Å². The Morgan fingerprint density at radius 1 is 1.12 bits per heavy atom. The van der Waals surface area contributed by atoms with Gasteiger partial charge in [0.15, 0.2) is 0 Å². The van der Waals surface area contributed by atoms with Crippen molar-refractivity contribution in [1.82, 2.24) is 15.2 Å². The molecule has 1 aliphatic heterocycles. The van der Waals surface area contributed by atoms with Crippen LogP contribution in [0.15, 0.2) is 34.7 Å². The van der Waals surface area contributed by atoms with Crippen LogP contribution in [0.4, 0.5) is 4.79 Å². The Morgan fingerprint density at radius 3 is 2.38 bits per heavy atom. The second kappa shape index (κ2) is 7.32. The first-order valence-corrected chi connectivity index (χ1v) is 9.16. The van der Waals surface area contributed by atoms with Crippen LogP contribution in [0.25, 0.3) is 11.5 Å². The van der Waals surface area contributed by atoms with E-state index < -0.39 is 5.54 Å². The summed E-state index contributed by atoms with van der Waals surface area (Å²) in [5.74, 6) is 0.960. The average Bonchev–Trinajstić information content (AvgIpc) is 3.10. The number of carbonyl (C=O) groups is 2. The molecular formula is C20H25N3O3. The molecule has 0 atom stereocenters. The van der Waals surface area contributed by atoms with Gasteiger partial charge >= 0.3 is 6.03 Å². The number of oxazole rings is 1. The van der Waals surface area contributed by atoms with E-state index in [1.807, 2.05) is 44.2 Å². The van der Waals surface area contributed by atoms with Gasteiger partial charge in [0.05, 0.1) is 6.54 Å². The van der Waals surface area contributed by atoms with Gasteiger partial charge in [-0.3, -0.25) is 9.69 Å². The first-order valence-electron chi connectivity index (χ1n) is 9.16. The van der Waals surface area contributed by atoms with Crippen LogP contribution in [0.1, 0.15) is 51.0 Å². The van der Waals surface area contributed by atoms with E-state index in [4.69, 9.17) is 4.42 Å². The van der Waals surface area contributed by atoms with Crippen LogP contribution in [-0.4, -0.2) is 27.4 Å². The summed E-state index contributed by atoms with van der Waals surface area (Å²) in [7, 11) is 0. The highest BCUT2D eigenvalue weighted by Crippen LogP contribution is 2.30. The van der Waals surface area contributed by atoms with Crippen molar-refractivity contribution >= 4 is 11.9 Å². The molecule has 26 heavy (non-hydrogen) atoms. The first-order chi connectivity index (χ1) is 12.5. The van der Waals surface area contributed by atoms with Gasteiger partial charge in [0.2, 0.25) is 5.89 Å². The molecule has 2 aromatic rings. The van der Waals surface area contributed by atoms with E-state index >= 15 is 0 Å². The molecule has 3 amide bonds. The highest BCUT2D eigenvalue weighted by Gasteiger charge is 2.49. The minimum absolute atomic E-state index is 0.127. The largest absolute Gasteiger partial charge is 0.441 e. The predicted molar refractivity (Wildman–Crippen MR) is 98.3 cm³/mol. The van der Waals surface area contributed by atoms with E-state index in [1.54, 1.807) is 6.92 Å². The van der Waals surface area contributed by atoms with E-state index in [1.165, 1.54) is 4.90 Å². The van der Waals surface area contributed by atoms with Crippen molar-refractivity contribution in [1.29, 1.82) is 0 Å². The third kappa shape index (κ3) is 3.23. The highest BCUT2D eigenvalue weighted by atomic mass is 16.4. The van der Waals surface area contributed by atoms with Crippen molar-refractivity contribution in [3.8, 4) is 11.5 Å². The summed E-state index contributed by atoms with van der Waals surface area (Å²) in [6, 6.07) is 9.23. The molecule has 6 heteroatoms. The predicted octanol–water partition coefficient (Wildman–Crippen LogP) is 4.04. The van der Waals surface area contributed by atoms with Gasteiger partial charge in [-0.05, 0) is 31.9 Å². The maximum atomic E-state index is 13.0. The Bertz CT molecular complexity index is 792. The Balaban J connectivity index is 1.84. The lowest BCUT2D eigenvalue weighted by Gasteiger charge is -2.25. The fraction of sp³-hybridized carbons (Fsp3) is 0.450. The lowest BCUT2D eigenvalue weighted by Crippen LogP contribution is -2.46. The summed E-state index contributed by atoms with van der Waals surface area (Å²) in [6.07, 6.45) is 2.96. The van der Waals surface area contributed by atoms with Crippen LogP contribution in [-0.2, 0) is 11.3 Å². The summed E-state index contributed by atoms with van der Waals surface area (Å²) in [6.45, 7) is 5.97. The second-order valence-electron chi connectivity index (χ2n) is 6.79. The van der Waals surface area contributed by atoms with Crippen molar-refractivity contribution in [3.05, 3.63) is 41.8 Å². The zero-order valence-electron chi connectivity index (χ0n) is 15.5. The average molecular weight is 355 g/mol. The van der Waals surface area contributed by atoms with Gasteiger partial charge in [0.25, 0.3) is 5.91 Å². The third-order valence-electron chi connectivity index (χ3n) is 4.82. The molecule has 1 saturated heterocycles. The summed E-state index contributed by atoms with van der Waals surface area (Å²) >= 11 is 0. The number of nitrogens with one attached hydrogen (secondary N) is 1. The van der Waals surface area contributed by atoms with Crippen LogP contribution in [0.5, 0.6) is 0 Å². The van der Waals surface area contributed by atoms with E-state index in [0.29, 0.717) is 30.2 Å². The van der Waals surface area contributed by atoms with Crippen molar-refractivity contribution in [2.45, 2.75) is 58.5 Å². The van der Waals surface area contributed by atoms with Gasteiger partial charge < -0.3 is 9.73 Å². The number of urea groups is 1. The van der Waals surface area contributed by atoms with Gasteiger partial charge in [-0.1, -0.05) is 44.9 Å². The van der Waals surface area contributed by atoms with Gasteiger partial charge in [-0.2, -0.15) is 0 Å². The monoisotopic (exact) mass is 355 g/mol. The Hall–Kier alpha value is -2.63. The fourth-order valence-electron chi connectivity index (χ4n) is 3.57. The summed E-state index contributed by atoms with van der Waals surface area (Å²) in [4.78, 5) is 31.3. The Labute approximate surface area is 153 Å².